The fourth-order valence-electron chi connectivity index (χ4n) is 2.74. The number of methoxy groups -OCH3 is 2. The zero-order chi connectivity index (χ0) is 14.6. The molecule has 21 heavy (non-hydrogen) atoms. The number of H-pyrrole nitrogens is 1. The van der Waals surface area contributed by atoms with Crippen molar-refractivity contribution in [1.82, 2.24) is 4.98 Å². The maximum Gasteiger partial charge on any atom is 0.231 e. The molecule has 2 aromatic carbocycles. The second kappa shape index (κ2) is 4.36. The smallest absolute Gasteiger partial charge is 0.231 e. The number of halogens is 1. The van der Waals surface area contributed by atoms with Gasteiger partial charge in [0.25, 0.3) is 0 Å². The van der Waals surface area contributed by atoms with E-state index < -0.39 is 0 Å². The third-order valence-electron chi connectivity index (χ3n) is 3.66. The number of ether oxygens (including phenoxy) is 4. The Balaban J connectivity index is 2.18. The van der Waals surface area contributed by atoms with Gasteiger partial charge in [0.1, 0.15) is 5.75 Å². The molecule has 2 heterocycles. The molecule has 0 radical (unpaired) electrons. The molecule has 0 saturated heterocycles. The first-order valence-corrected chi connectivity index (χ1v) is 6.76. The van der Waals surface area contributed by atoms with Crippen molar-refractivity contribution >= 4 is 33.4 Å². The molecule has 0 aliphatic carbocycles. The van der Waals surface area contributed by atoms with E-state index in [1.165, 1.54) is 0 Å². The van der Waals surface area contributed by atoms with Crippen LogP contribution in [0.5, 0.6) is 23.0 Å². The monoisotopic (exact) mass is 305 g/mol. The average molecular weight is 306 g/mol. The van der Waals surface area contributed by atoms with Gasteiger partial charge < -0.3 is 23.9 Å². The first kappa shape index (κ1) is 12.5. The van der Waals surface area contributed by atoms with E-state index in [1.807, 2.05) is 12.1 Å². The van der Waals surface area contributed by atoms with Gasteiger partial charge in [-0.2, -0.15) is 0 Å². The summed E-state index contributed by atoms with van der Waals surface area (Å²) in [6, 6.07) is 5.57. The van der Waals surface area contributed by atoms with Crippen molar-refractivity contribution in [3.05, 3.63) is 23.2 Å². The number of hydrogen-bond donors (Lipinski definition) is 1. The molecule has 0 unspecified atom stereocenters. The van der Waals surface area contributed by atoms with Crippen LogP contribution in [0.25, 0.3) is 21.8 Å². The molecule has 0 fully saturated rings. The van der Waals surface area contributed by atoms with Gasteiger partial charge >= 0.3 is 0 Å². The average Bonchev–Trinajstić information content (AvgIpc) is 3.09. The highest BCUT2D eigenvalue weighted by molar-refractivity contribution is 6.32. The number of benzene rings is 2. The van der Waals surface area contributed by atoms with Crippen LogP contribution in [-0.2, 0) is 0 Å². The van der Waals surface area contributed by atoms with Gasteiger partial charge in [0.2, 0.25) is 12.5 Å². The largest absolute Gasteiger partial charge is 0.495 e. The first-order valence-electron chi connectivity index (χ1n) is 6.38. The van der Waals surface area contributed by atoms with E-state index in [9.17, 15) is 0 Å². The topological polar surface area (TPSA) is 52.7 Å². The van der Waals surface area contributed by atoms with Crippen LogP contribution in [0.15, 0.2) is 18.2 Å². The van der Waals surface area contributed by atoms with Crippen LogP contribution in [-0.4, -0.2) is 26.0 Å². The Hall–Kier alpha value is -2.27. The number of fused-ring (bicyclic) bond motifs is 5. The summed E-state index contributed by atoms with van der Waals surface area (Å²) in [5.74, 6) is 2.58. The molecular weight excluding hydrogens is 294 g/mol. The SMILES string of the molecule is COc1cc2c([nH]c3c(OC)cc(Cl)cc32)c2c1OCO2. The van der Waals surface area contributed by atoms with Crippen molar-refractivity contribution in [2.75, 3.05) is 21.0 Å². The molecule has 0 spiro atoms. The summed E-state index contributed by atoms with van der Waals surface area (Å²) in [7, 11) is 3.22. The van der Waals surface area contributed by atoms with Crippen LogP contribution in [0.2, 0.25) is 5.02 Å². The molecule has 1 aliphatic rings. The fraction of sp³-hybridized carbons (Fsp3) is 0.200. The van der Waals surface area contributed by atoms with Crippen molar-refractivity contribution in [3.63, 3.8) is 0 Å². The van der Waals surface area contributed by atoms with Gasteiger partial charge in [0.15, 0.2) is 11.5 Å². The number of rotatable bonds is 2. The molecule has 5 nitrogen and oxygen atoms in total. The van der Waals surface area contributed by atoms with Crippen LogP contribution in [0.3, 0.4) is 0 Å². The van der Waals surface area contributed by atoms with Crippen molar-refractivity contribution in [2.45, 2.75) is 0 Å². The van der Waals surface area contributed by atoms with Crippen LogP contribution >= 0.6 is 11.6 Å². The van der Waals surface area contributed by atoms with Crippen molar-refractivity contribution in [2.24, 2.45) is 0 Å². The summed E-state index contributed by atoms with van der Waals surface area (Å²) in [6.07, 6.45) is 0. The van der Waals surface area contributed by atoms with Gasteiger partial charge in [-0.1, -0.05) is 11.6 Å². The van der Waals surface area contributed by atoms with Gasteiger partial charge in [-0.15, -0.1) is 0 Å². The molecule has 6 heteroatoms. The maximum atomic E-state index is 6.17. The first-order chi connectivity index (χ1) is 10.2. The zero-order valence-electron chi connectivity index (χ0n) is 11.5. The van der Waals surface area contributed by atoms with E-state index in [0.717, 1.165) is 21.8 Å². The predicted octanol–water partition coefficient (Wildman–Crippen LogP) is 3.72. The summed E-state index contributed by atoms with van der Waals surface area (Å²) in [5, 5.41) is 2.51. The highest BCUT2D eigenvalue weighted by Crippen LogP contribution is 2.49. The van der Waals surface area contributed by atoms with Gasteiger partial charge in [0.05, 0.1) is 25.3 Å². The minimum absolute atomic E-state index is 0.179. The highest BCUT2D eigenvalue weighted by Gasteiger charge is 2.25. The maximum absolute atomic E-state index is 6.17. The number of aromatic amines is 1. The fourth-order valence-corrected chi connectivity index (χ4v) is 2.94. The van der Waals surface area contributed by atoms with Crippen LogP contribution in [0, 0.1) is 0 Å². The lowest BCUT2D eigenvalue weighted by atomic mass is 10.1. The summed E-state index contributed by atoms with van der Waals surface area (Å²) in [5.41, 5.74) is 1.71. The molecule has 1 aromatic heterocycles. The summed E-state index contributed by atoms with van der Waals surface area (Å²) in [4.78, 5) is 3.33. The Morgan fingerprint density at radius 1 is 0.952 bits per heavy atom. The van der Waals surface area contributed by atoms with Crippen molar-refractivity contribution in [3.8, 4) is 23.0 Å². The Labute approximate surface area is 125 Å². The number of hydrogen-bond acceptors (Lipinski definition) is 4. The lowest BCUT2D eigenvalue weighted by Crippen LogP contribution is -1.94. The third kappa shape index (κ3) is 1.64. The normalized spacial score (nSPS) is 13.1. The predicted molar refractivity (Wildman–Crippen MR) is 80.0 cm³/mol. The number of nitrogens with one attached hydrogen (secondary N) is 1. The van der Waals surface area contributed by atoms with E-state index in [4.69, 9.17) is 30.5 Å². The Morgan fingerprint density at radius 3 is 2.43 bits per heavy atom. The molecule has 1 N–H and O–H groups in total. The van der Waals surface area contributed by atoms with E-state index in [1.54, 1.807) is 20.3 Å². The van der Waals surface area contributed by atoms with Crippen molar-refractivity contribution in [1.29, 1.82) is 0 Å². The molecule has 0 saturated carbocycles. The Kier molecular flexibility index (Phi) is 2.59. The molecule has 0 amide bonds. The molecule has 0 bridgehead atoms. The molecule has 1 aliphatic heterocycles. The Bertz CT molecular complexity index is 871. The quantitative estimate of drug-likeness (QED) is 0.784. The lowest BCUT2D eigenvalue weighted by Gasteiger charge is -2.05. The minimum Gasteiger partial charge on any atom is -0.495 e. The van der Waals surface area contributed by atoms with E-state index >= 15 is 0 Å². The minimum atomic E-state index is 0.179. The van der Waals surface area contributed by atoms with E-state index in [2.05, 4.69) is 4.98 Å². The van der Waals surface area contributed by atoms with Gasteiger partial charge in [-0.05, 0) is 12.1 Å². The molecular formula is C15H12ClNO4. The molecule has 3 aromatic rings. The van der Waals surface area contributed by atoms with Crippen molar-refractivity contribution < 1.29 is 18.9 Å². The highest BCUT2D eigenvalue weighted by atomic mass is 35.5. The van der Waals surface area contributed by atoms with Crippen LogP contribution in [0.1, 0.15) is 0 Å². The van der Waals surface area contributed by atoms with E-state index in [0.29, 0.717) is 28.0 Å². The lowest BCUT2D eigenvalue weighted by molar-refractivity contribution is 0.172. The standard InChI is InChI=1S/C15H12ClNO4/c1-18-10-4-7(16)3-8-9-5-11(19-2)14-15(21-6-20-14)13(9)17-12(8)10/h3-5,17H,6H2,1-2H3. The summed E-state index contributed by atoms with van der Waals surface area (Å²) >= 11 is 6.17. The summed E-state index contributed by atoms with van der Waals surface area (Å²) < 4.78 is 21.8. The molecule has 4 rings (SSSR count). The van der Waals surface area contributed by atoms with E-state index in [-0.39, 0.29) is 6.79 Å². The third-order valence-corrected chi connectivity index (χ3v) is 3.87. The Morgan fingerprint density at radius 2 is 1.67 bits per heavy atom. The van der Waals surface area contributed by atoms with Gasteiger partial charge in [0, 0.05) is 21.9 Å². The van der Waals surface area contributed by atoms with Crippen LogP contribution in [0.4, 0.5) is 0 Å². The molecule has 0 atom stereocenters. The molecule has 108 valence electrons. The van der Waals surface area contributed by atoms with Gasteiger partial charge in [-0.25, -0.2) is 0 Å². The van der Waals surface area contributed by atoms with Crippen LogP contribution < -0.4 is 18.9 Å². The second-order valence-corrected chi connectivity index (χ2v) is 5.16. The second-order valence-electron chi connectivity index (χ2n) is 4.72. The van der Waals surface area contributed by atoms with Gasteiger partial charge in [-0.3, -0.25) is 0 Å². The number of aromatic nitrogens is 1. The summed E-state index contributed by atoms with van der Waals surface area (Å²) in [6.45, 7) is 0.179. The zero-order valence-corrected chi connectivity index (χ0v) is 12.2.